The van der Waals surface area contributed by atoms with E-state index in [0.29, 0.717) is 16.7 Å². The molecule has 4 aromatic rings. The first-order valence-electron chi connectivity index (χ1n) is 9.64. The van der Waals surface area contributed by atoms with Crippen molar-refractivity contribution in [3.8, 4) is 17.2 Å². The van der Waals surface area contributed by atoms with Gasteiger partial charge in [-0.25, -0.2) is 5.10 Å². The van der Waals surface area contributed by atoms with Gasteiger partial charge in [0.2, 0.25) is 0 Å². The van der Waals surface area contributed by atoms with Crippen LogP contribution in [-0.4, -0.2) is 27.9 Å². The van der Waals surface area contributed by atoms with Crippen molar-refractivity contribution in [2.45, 2.75) is 12.3 Å². The van der Waals surface area contributed by atoms with E-state index in [1.165, 1.54) is 0 Å². The van der Waals surface area contributed by atoms with E-state index >= 15 is 0 Å². The van der Waals surface area contributed by atoms with Crippen LogP contribution < -0.4 is 21.3 Å². The molecule has 3 heterocycles. The van der Waals surface area contributed by atoms with Crippen LogP contribution in [0.25, 0.3) is 16.6 Å². The van der Waals surface area contributed by atoms with E-state index in [-0.39, 0.29) is 11.5 Å². The van der Waals surface area contributed by atoms with Crippen molar-refractivity contribution in [3.63, 3.8) is 0 Å². The lowest BCUT2D eigenvalue weighted by molar-refractivity contribution is 0.482. The van der Waals surface area contributed by atoms with Crippen LogP contribution in [0.3, 0.4) is 0 Å². The first kappa shape index (κ1) is 17.5. The molecule has 4 N–H and O–H groups in total. The monoisotopic (exact) mass is 387 g/mol. The second kappa shape index (κ2) is 7.10. The minimum atomic E-state index is -0.209. The van der Waals surface area contributed by atoms with Gasteiger partial charge in [0.15, 0.2) is 5.82 Å². The fourth-order valence-electron chi connectivity index (χ4n) is 3.97. The highest BCUT2D eigenvalue weighted by atomic mass is 16.5. The summed E-state index contributed by atoms with van der Waals surface area (Å²) in [6.07, 6.45) is 3.01. The number of anilines is 1. The molecular weight excluding hydrogens is 366 g/mol. The largest absolute Gasteiger partial charge is 0.457 e. The van der Waals surface area contributed by atoms with Crippen molar-refractivity contribution in [1.29, 1.82) is 0 Å². The summed E-state index contributed by atoms with van der Waals surface area (Å²) in [7, 11) is 0. The van der Waals surface area contributed by atoms with Crippen LogP contribution in [0.5, 0.6) is 11.5 Å². The minimum Gasteiger partial charge on any atom is -0.457 e. The first-order valence-corrected chi connectivity index (χ1v) is 9.64. The zero-order valence-corrected chi connectivity index (χ0v) is 15.8. The summed E-state index contributed by atoms with van der Waals surface area (Å²) in [6.45, 7) is 1.80. The summed E-state index contributed by atoms with van der Waals surface area (Å²) >= 11 is 0. The molecule has 0 amide bonds. The number of aromatic amines is 1. The van der Waals surface area contributed by atoms with Crippen LogP contribution in [0.2, 0.25) is 0 Å². The summed E-state index contributed by atoms with van der Waals surface area (Å²) in [5.41, 5.74) is 8.50. The standard InChI is InChI=1S/C22H21N5O2/c23-21-20-19(22(28)26-25-21)18(14-10-11-24-12-14)13-27(20)15-6-8-17(9-7-15)29-16-4-2-1-3-5-16/h1-9,13-14,24H,10-12H2,(H2,23,25)(H,26,28)/t14-/m1/s1. The van der Waals surface area contributed by atoms with Gasteiger partial charge in [0.1, 0.15) is 17.0 Å². The molecule has 7 nitrogen and oxygen atoms in total. The van der Waals surface area contributed by atoms with E-state index in [1.54, 1.807) is 0 Å². The zero-order chi connectivity index (χ0) is 19.8. The molecular formula is C22H21N5O2. The van der Waals surface area contributed by atoms with Crippen molar-refractivity contribution in [2.75, 3.05) is 18.8 Å². The van der Waals surface area contributed by atoms with E-state index in [2.05, 4.69) is 15.5 Å². The van der Waals surface area contributed by atoms with Gasteiger partial charge in [-0.2, -0.15) is 5.10 Å². The van der Waals surface area contributed by atoms with Crippen LogP contribution in [0.1, 0.15) is 17.9 Å². The Kier molecular flexibility index (Phi) is 4.29. The maximum absolute atomic E-state index is 12.6. The van der Waals surface area contributed by atoms with Crippen molar-refractivity contribution in [2.24, 2.45) is 0 Å². The highest BCUT2D eigenvalue weighted by molar-refractivity contribution is 5.92. The number of nitrogens with one attached hydrogen (secondary N) is 2. The van der Waals surface area contributed by atoms with Gasteiger partial charge < -0.3 is 20.4 Å². The van der Waals surface area contributed by atoms with Gasteiger partial charge in [0, 0.05) is 18.4 Å². The van der Waals surface area contributed by atoms with Crippen molar-refractivity contribution >= 4 is 16.7 Å². The lowest BCUT2D eigenvalue weighted by Gasteiger charge is -2.09. The number of nitrogen functional groups attached to an aromatic ring is 1. The maximum Gasteiger partial charge on any atom is 0.274 e. The third-order valence-corrected chi connectivity index (χ3v) is 5.38. The predicted octanol–water partition coefficient (Wildman–Crippen LogP) is 3.17. The number of para-hydroxylation sites is 1. The lowest BCUT2D eigenvalue weighted by atomic mass is 9.99. The van der Waals surface area contributed by atoms with Crippen molar-refractivity contribution in [1.82, 2.24) is 20.1 Å². The lowest BCUT2D eigenvalue weighted by Crippen LogP contribution is -2.13. The number of nitrogens with zero attached hydrogens (tertiary/aromatic N) is 2. The third-order valence-electron chi connectivity index (χ3n) is 5.38. The molecule has 146 valence electrons. The molecule has 0 aliphatic carbocycles. The van der Waals surface area contributed by atoms with E-state index in [0.717, 1.165) is 42.3 Å². The van der Waals surface area contributed by atoms with Gasteiger partial charge in [-0.3, -0.25) is 4.79 Å². The molecule has 7 heteroatoms. The Morgan fingerprint density at radius 1 is 1.07 bits per heavy atom. The van der Waals surface area contributed by atoms with Gasteiger partial charge in [0.05, 0.1) is 5.39 Å². The summed E-state index contributed by atoms with van der Waals surface area (Å²) < 4.78 is 7.83. The van der Waals surface area contributed by atoms with Crippen LogP contribution in [0, 0.1) is 0 Å². The van der Waals surface area contributed by atoms with Gasteiger partial charge in [-0.15, -0.1) is 0 Å². The molecule has 1 atom stereocenters. The third kappa shape index (κ3) is 3.15. The van der Waals surface area contributed by atoms with E-state index in [4.69, 9.17) is 10.5 Å². The van der Waals surface area contributed by atoms with E-state index < -0.39 is 0 Å². The average Bonchev–Trinajstić information content (AvgIpc) is 3.41. The number of fused-ring (bicyclic) bond motifs is 1. The minimum absolute atomic E-state index is 0.209. The summed E-state index contributed by atoms with van der Waals surface area (Å²) in [5, 5.41) is 10.5. The molecule has 1 saturated heterocycles. The molecule has 1 aliphatic heterocycles. The Balaban J connectivity index is 1.58. The van der Waals surface area contributed by atoms with Crippen molar-refractivity contribution < 1.29 is 4.74 Å². The molecule has 2 aromatic heterocycles. The molecule has 0 radical (unpaired) electrons. The normalized spacial score (nSPS) is 16.3. The van der Waals surface area contributed by atoms with E-state index in [9.17, 15) is 4.79 Å². The van der Waals surface area contributed by atoms with Crippen LogP contribution in [0.15, 0.2) is 65.6 Å². The Labute approximate surface area is 167 Å². The van der Waals surface area contributed by atoms with Crippen molar-refractivity contribution in [3.05, 3.63) is 76.7 Å². The molecule has 0 bridgehead atoms. The van der Waals surface area contributed by atoms with Crippen LogP contribution in [-0.2, 0) is 0 Å². The summed E-state index contributed by atoms with van der Waals surface area (Å²) in [4.78, 5) is 12.6. The second-order valence-electron chi connectivity index (χ2n) is 7.21. The quantitative estimate of drug-likeness (QED) is 0.500. The summed E-state index contributed by atoms with van der Waals surface area (Å²) in [5.74, 6) is 2.10. The number of nitrogens with two attached hydrogens (primary N) is 1. The number of hydrogen-bond acceptors (Lipinski definition) is 5. The van der Waals surface area contributed by atoms with Gasteiger partial charge >= 0.3 is 0 Å². The zero-order valence-electron chi connectivity index (χ0n) is 15.8. The van der Waals surface area contributed by atoms with Crippen LogP contribution in [0.4, 0.5) is 5.82 Å². The molecule has 29 heavy (non-hydrogen) atoms. The van der Waals surface area contributed by atoms with Gasteiger partial charge in [-0.1, -0.05) is 18.2 Å². The summed E-state index contributed by atoms with van der Waals surface area (Å²) in [6, 6.07) is 17.4. The fraction of sp³-hybridized carbons (Fsp3) is 0.182. The Hall–Kier alpha value is -3.58. The molecule has 0 unspecified atom stereocenters. The fourth-order valence-corrected chi connectivity index (χ4v) is 3.97. The molecule has 1 fully saturated rings. The van der Waals surface area contributed by atoms with E-state index in [1.807, 2.05) is 65.4 Å². The molecule has 0 spiro atoms. The molecule has 1 aliphatic rings. The highest BCUT2D eigenvalue weighted by Gasteiger charge is 2.25. The molecule has 0 saturated carbocycles. The van der Waals surface area contributed by atoms with Gasteiger partial charge in [-0.05, 0) is 60.8 Å². The molecule has 2 aromatic carbocycles. The number of aromatic nitrogens is 3. The van der Waals surface area contributed by atoms with Gasteiger partial charge in [0.25, 0.3) is 5.56 Å². The Morgan fingerprint density at radius 2 is 1.83 bits per heavy atom. The Morgan fingerprint density at radius 3 is 2.55 bits per heavy atom. The number of hydrogen-bond donors (Lipinski definition) is 3. The predicted molar refractivity (Wildman–Crippen MR) is 113 cm³/mol. The SMILES string of the molecule is Nc1n[nH]c(=O)c2c([C@@H]3CCNC3)cn(-c3ccc(Oc4ccccc4)cc3)c12. The highest BCUT2D eigenvalue weighted by Crippen LogP contribution is 2.33. The Bertz CT molecular complexity index is 1210. The number of ether oxygens (including phenoxy) is 1. The van der Waals surface area contributed by atoms with Crippen LogP contribution >= 0.6 is 0 Å². The number of benzene rings is 2. The number of H-pyrrole nitrogens is 1. The smallest absolute Gasteiger partial charge is 0.274 e. The maximum atomic E-state index is 12.6. The second-order valence-corrected chi connectivity index (χ2v) is 7.21. The first-order chi connectivity index (χ1) is 14.2. The average molecular weight is 387 g/mol. The topological polar surface area (TPSA) is 98.0 Å². The molecule has 5 rings (SSSR count). The number of rotatable bonds is 4.